The Balaban J connectivity index is 1.99. The number of fused-ring (bicyclic) bond motifs is 6. The molecule has 0 spiro atoms. The molecule has 2 saturated heterocycles. The van der Waals surface area contributed by atoms with Crippen molar-refractivity contribution in [1.82, 2.24) is 0 Å². The average molecular weight is 192 g/mol. The van der Waals surface area contributed by atoms with Gasteiger partial charge in [-0.1, -0.05) is 24.3 Å². The fourth-order valence-corrected chi connectivity index (χ4v) is 5.33. The van der Waals surface area contributed by atoms with E-state index in [1.165, 1.54) is 0 Å². The maximum absolute atomic E-state index is 2.32. The van der Waals surface area contributed by atoms with E-state index in [-0.39, 0.29) is 0 Å². The molecule has 1 aromatic rings. The molecular formula is C10H8S2. The molecule has 3 aliphatic rings. The minimum atomic E-state index is 0.873. The van der Waals surface area contributed by atoms with E-state index >= 15 is 0 Å². The molecule has 0 radical (unpaired) electrons. The standard InChI is InChI=1S/C10H8S2/c1-2-4-6-5(3-1)7-9(11-7)10-8(6)12-10/h1-4,7-10H. The summed E-state index contributed by atoms with van der Waals surface area (Å²) in [5, 5.41) is 3.71. The van der Waals surface area contributed by atoms with Crippen molar-refractivity contribution in [2.45, 2.75) is 21.0 Å². The lowest BCUT2D eigenvalue weighted by molar-refractivity contribution is 0.829. The summed E-state index contributed by atoms with van der Waals surface area (Å²) in [6.45, 7) is 0. The zero-order valence-electron chi connectivity index (χ0n) is 6.44. The van der Waals surface area contributed by atoms with Gasteiger partial charge in [0.05, 0.1) is 0 Å². The van der Waals surface area contributed by atoms with Gasteiger partial charge in [0.25, 0.3) is 0 Å². The highest BCUT2D eigenvalue weighted by Crippen LogP contribution is 2.75. The average Bonchev–Trinajstić information content (AvgIpc) is 2.98. The molecule has 1 aromatic carbocycles. The molecular weight excluding hydrogens is 184 g/mol. The van der Waals surface area contributed by atoms with Gasteiger partial charge in [-0.15, -0.1) is 23.5 Å². The van der Waals surface area contributed by atoms with Crippen LogP contribution in [0, 0.1) is 0 Å². The maximum Gasteiger partial charge on any atom is 0.0434 e. The van der Waals surface area contributed by atoms with Crippen LogP contribution in [0.25, 0.3) is 0 Å². The molecule has 60 valence electrons. The van der Waals surface area contributed by atoms with Gasteiger partial charge in [0.1, 0.15) is 0 Å². The monoisotopic (exact) mass is 192 g/mol. The van der Waals surface area contributed by atoms with Gasteiger partial charge in [-0.25, -0.2) is 0 Å². The molecule has 0 N–H and O–H groups in total. The molecule has 2 aliphatic heterocycles. The molecule has 4 rings (SSSR count). The van der Waals surface area contributed by atoms with Crippen molar-refractivity contribution in [3.8, 4) is 0 Å². The van der Waals surface area contributed by atoms with Crippen molar-refractivity contribution in [3.63, 3.8) is 0 Å². The minimum absolute atomic E-state index is 0.873. The third-order valence-electron chi connectivity index (χ3n) is 2.98. The molecule has 0 amide bonds. The fraction of sp³-hybridized carbons (Fsp3) is 0.400. The second-order valence-corrected chi connectivity index (χ2v) is 6.32. The number of benzene rings is 1. The Bertz CT molecular complexity index is 326. The summed E-state index contributed by atoms with van der Waals surface area (Å²) >= 11 is 4.34. The summed E-state index contributed by atoms with van der Waals surface area (Å²) in [4.78, 5) is 0. The number of rotatable bonds is 0. The number of thioether (sulfide) groups is 2. The molecule has 2 fully saturated rings. The van der Waals surface area contributed by atoms with Crippen molar-refractivity contribution >= 4 is 23.5 Å². The molecule has 1 aliphatic carbocycles. The molecule has 0 nitrogen and oxygen atoms in total. The molecule has 12 heavy (non-hydrogen) atoms. The van der Waals surface area contributed by atoms with E-state index in [1.54, 1.807) is 11.1 Å². The molecule has 4 unspecified atom stereocenters. The first-order valence-electron chi connectivity index (χ1n) is 4.35. The second-order valence-electron chi connectivity index (χ2n) is 3.67. The smallest absolute Gasteiger partial charge is 0.0434 e. The zero-order valence-corrected chi connectivity index (χ0v) is 8.07. The normalized spacial score (nSPS) is 45.7. The Labute approximate surface area is 80.1 Å². The minimum Gasteiger partial charge on any atom is -0.146 e. The Hall–Kier alpha value is -0.0800. The number of hydrogen-bond acceptors (Lipinski definition) is 2. The summed E-state index contributed by atoms with van der Waals surface area (Å²) in [5.41, 5.74) is 3.28. The summed E-state index contributed by atoms with van der Waals surface area (Å²) in [5.74, 6) is 0. The predicted molar refractivity (Wildman–Crippen MR) is 54.7 cm³/mol. The van der Waals surface area contributed by atoms with Gasteiger partial charge in [0.15, 0.2) is 0 Å². The summed E-state index contributed by atoms with van der Waals surface area (Å²) in [6, 6.07) is 9.01. The van der Waals surface area contributed by atoms with Crippen LogP contribution in [-0.4, -0.2) is 10.5 Å². The van der Waals surface area contributed by atoms with Crippen LogP contribution in [0.5, 0.6) is 0 Å². The van der Waals surface area contributed by atoms with E-state index in [2.05, 4.69) is 47.8 Å². The SMILES string of the molecule is c1ccc2c(c1)C1SC1C1SC21. The zero-order chi connectivity index (χ0) is 7.71. The Kier molecular flexibility index (Phi) is 0.999. The summed E-state index contributed by atoms with van der Waals surface area (Å²) in [7, 11) is 0. The van der Waals surface area contributed by atoms with Gasteiger partial charge < -0.3 is 0 Å². The fourth-order valence-electron chi connectivity index (χ4n) is 2.28. The van der Waals surface area contributed by atoms with Gasteiger partial charge in [-0.2, -0.15) is 0 Å². The summed E-state index contributed by atoms with van der Waals surface area (Å²) in [6.07, 6.45) is 0. The van der Waals surface area contributed by atoms with Gasteiger partial charge >= 0.3 is 0 Å². The van der Waals surface area contributed by atoms with Gasteiger partial charge in [-0.05, 0) is 11.1 Å². The molecule has 0 saturated carbocycles. The maximum atomic E-state index is 2.32. The first-order valence-corrected chi connectivity index (χ1v) is 6.23. The lowest BCUT2D eigenvalue weighted by atomic mass is 9.92. The lowest BCUT2D eigenvalue weighted by Gasteiger charge is -2.10. The summed E-state index contributed by atoms with van der Waals surface area (Å²) < 4.78 is 0. The quantitative estimate of drug-likeness (QED) is 0.579. The predicted octanol–water partition coefficient (Wildman–Crippen LogP) is 3.01. The van der Waals surface area contributed by atoms with Crippen LogP contribution < -0.4 is 0 Å². The van der Waals surface area contributed by atoms with Gasteiger partial charge in [-0.3, -0.25) is 0 Å². The van der Waals surface area contributed by atoms with Crippen LogP contribution >= 0.6 is 23.5 Å². The van der Waals surface area contributed by atoms with E-state index in [9.17, 15) is 0 Å². The van der Waals surface area contributed by atoms with Crippen molar-refractivity contribution < 1.29 is 0 Å². The highest BCUT2D eigenvalue weighted by atomic mass is 32.2. The van der Waals surface area contributed by atoms with Crippen molar-refractivity contribution in [2.75, 3.05) is 0 Å². The van der Waals surface area contributed by atoms with Gasteiger partial charge in [0.2, 0.25) is 0 Å². The largest absolute Gasteiger partial charge is 0.146 e. The van der Waals surface area contributed by atoms with Crippen molar-refractivity contribution in [3.05, 3.63) is 35.4 Å². The van der Waals surface area contributed by atoms with E-state index in [0.29, 0.717) is 0 Å². The lowest BCUT2D eigenvalue weighted by Crippen LogP contribution is -2.06. The Morgan fingerprint density at radius 3 is 1.83 bits per heavy atom. The van der Waals surface area contributed by atoms with Crippen LogP contribution in [-0.2, 0) is 0 Å². The third-order valence-corrected chi connectivity index (χ3v) is 5.97. The molecule has 2 heteroatoms. The van der Waals surface area contributed by atoms with Crippen LogP contribution in [0.1, 0.15) is 21.6 Å². The topological polar surface area (TPSA) is 0 Å². The highest BCUT2D eigenvalue weighted by molar-refractivity contribution is 8.12. The van der Waals surface area contributed by atoms with E-state index in [0.717, 1.165) is 21.0 Å². The second kappa shape index (κ2) is 1.88. The van der Waals surface area contributed by atoms with E-state index in [4.69, 9.17) is 0 Å². The van der Waals surface area contributed by atoms with Crippen LogP contribution in [0.2, 0.25) is 0 Å². The first kappa shape index (κ1) is 6.39. The number of hydrogen-bond donors (Lipinski definition) is 0. The highest BCUT2D eigenvalue weighted by Gasteiger charge is 2.61. The van der Waals surface area contributed by atoms with Crippen LogP contribution in [0.3, 0.4) is 0 Å². The molecule has 0 aromatic heterocycles. The molecule has 2 heterocycles. The molecule has 4 atom stereocenters. The van der Waals surface area contributed by atoms with Crippen molar-refractivity contribution in [1.29, 1.82) is 0 Å². The third kappa shape index (κ3) is 0.647. The van der Waals surface area contributed by atoms with Crippen LogP contribution in [0.15, 0.2) is 24.3 Å². The van der Waals surface area contributed by atoms with Crippen LogP contribution in [0.4, 0.5) is 0 Å². The molecule has 0 bridgehead atoms. The van der Waals surface area contributed by atoms with Crippen molar-refractivity contribution in [2.24, 2.45) is 0 Å². The van der Waals surface area contributed by atoms with E-state index < -0.39 is 0 Å². The Morgan fingerprint density at radius 2 is 1.33 bits per heavy atom. The van der Waals surface area contributed by atoms with Gasteiger partial charge in [0, 0.05) is 21.0 Å². The first-order chi connectivity index (χ1) is 5.95. The van der Waals surface area contributed by atoms with E-state index in [1.807, 2.05) is 0 Å². The Morgan fingerprint density at radius 1 is 0.833 bits per heavy atom.